The Morgan fingerprint density at radius 1 is 1.06 bits per heavy atom. The summed E-state index contributed by atoms with van der Waals surface area (Å²) in [6.45, 7) is 5.84. The second-order valence-corrected chi connectivity index (χ2v) is 6.22. The van der Waals surface area contributed by atoms with E-state index in [2.05, 4.69) is 18.7 Å². The molecule has 2 aliphatic rings. The lowest BCUT2D eigenvalue weighted by molar-refractivity contribution is -0.0335. The standard InChI is InChI=1S/C15H29NO2/c1-12-6-5-7-13(2)16(12)10-14(17)11-18-15-8-3-4-9-15/h12-15,17H,3-11H2,1-2H3/t12-,13-,14-/m1/s1. The molecule has 1 aliphatic carbocycles. The highest BCUT2D eigenvalue weighted by Crippen LogP contribution is 2.23. The third kappa shape index (κ3) is 3.94. The summed E-state index contributed by atoms with van der Waals surface area (Å²) in [6, 6.07) is 1.21. The maximum absolute atomic E-state index is 10.1. The van der Waals surface area contributed by atoms with E-state index < -0.39 is 0 Å². The van der Waals surface area contributed by atoms with Crippen molar-refractivity contribution >= 4 is 0 Å². The van der Waals surface area contributed by atoms with E-state index in [-0.39, 0.29) is 6.10 Å². The van der Waals surface area contributed by atoms with Gasteiger partial charge >= 0.3 is 0 Å². The summed E-state index contributed by atoms with van der Waals surface area (Å²) in [7, 11) is 0. The minimum absolute atomic E-state index is 0.325. The number of β-amino-alcohol motifs (C(OH)–C–C–N with tert-alkyl or cyclic N) is 1. The summed E-state index contributed by atoms with van der Waals surface area (Å²) in [5, 5.41) is 10.1. The Kier molecular flexibility index (Phi) is 5.46. The van der Waals surface area contributed by atoms with Gasteiger partial charge in [-0.1, -0.05) is 19.3 Å². The number of ether oxygens (including phenoxy) is 1. The van der Waals surface area contributed by atoms with Crippen LogP contribution in [-0.2, 0) is 4.74 Å². The fourth-order valence-electron chi connectivity index (χ4n) is 3.43. The van der Waals surface area contributed by atoms with Crippen LogP contribution in [0.4, 0.5) is 0 Å². The van der Waals surface area contributed by atoms with E-state index in [9.17, 15) is 5.11 Å². The lowest BCUT2D eigenvalue weighted by atomic mass is 9.97. The zero-order chi connectivity index (χ0) is 13.0. The predicted octanol–water partition coefficient (Wildman–Crippen LogP) is 2.57. The fourth-order valence-corrected chi connectivity index (χ4v) is 3.43. The molecule has 2 rings (SSSR count). The summed E-state index contributed by atoms with van der Waals surface area (Å²) < 4.78 is 5.80. The van der Waals surface area contributed by atoms with Gasteiger partial charge < -0.3 is 9.84 Å². The SMILES string of the molecule is C[C@@H]1CCC[C@@H](C)N1C[C@@H](O)COC1CCCC1. The molecule has 0 aromatic rings. The number of hydrogen-bond donors (Lipinski definition) is 1. The van der Waals surface area contributed by atoms with E-state index in [0.29, 0.717) is 24.8 Å². The number of rotatable bonds is 5. The molecular formula is C15H29NO2. The Morgan fingerprint density at radius 3 is 2.28 bits per heavy atom. The van der Waals surface area contributed by atoms with Gasteiger partial charge in [0.2, 0.25) is 0 Å². The van der Waals surface area contributed by atoms with E-state index in [1.54, 1.807) is 0 Å². The van der Waals surface area contributed by atoms with E-state index in [0.717, 1.165) is 6.54 Å². The highest BCUT2D eigenvalue weighted by Gasteiger charge is 2.27. The first-order valence-electron chi connectivity index (χ1n) is 7.72. The molecule has 3 heteroatoms. The number of likely N-dealkylation sites (tertiary alicyclic amines) is 1. The largest absolute Gasteiger partial charge is 0.389 e. The fraction of sp³-hybridized carbons (Fsp3) is 1.00. The molecule has 0 unspecified atom stereocenters. The van der Waals surface area contributed by atoms with Gasteiger partial charge in [-0.25, -0.2) is 0 Å². The van der Waals surface area contributed by atoms with E-state index in [4.69, 9.17) is 4.74 Å². The molecule has 106 valence electrons. The van der Waals surface area contributed by atoms with Gasteiger partial charge in [-0.2, -0.15) is 0 Å². The van der Waals surface area contributed by atoms with Gasteiger partial charge in [0.15, 0.2) is 0 Å². The van der Waals surface area contributed by atoms with Crippen molar-refractivity contribution < 1.29 is 9.84 Å². The molecule has 2 fully saturated rings. The van der Waals surface area contributed by atoms with Crippen LogP contribution in [0.25, 0.3) is 0 Å². The lowest BCUT2D eigenvalue weighted by Crippen LogP contribution is -2.48. The molecule has 18 heavy (non-hydrogen) atoms. The predicted molar refractivity (Wildman–Crippen MR) is 73.7 cm³/mol. The van der Waals surface area contributed by atoms with Gasteiger partial charge in [0, 0.05) is 18.6 Å². The molecule has 0 aromatic carbocycles. The van der Waals surface area contributed by atoms with Gasteiger partial charge in [0.25, 0.3) is 0 Å². The summed E-state index contributed by atoms with van der Waals surface area (Å²) in [4.78, 5) is 2.45. The van der Waals surface area contributed by atoms with Gasteiger partial charge in [0.05, 0.1) is 18.8 Å². The minimum atomic E-state index is -0.325. The van der Waals surface area contributed by atoms with Gasteiger partial charge in [-0.05, 0) is 39.5 Å². The normalized spacial score (nSPS) is 32.8. The summed E-state index contributed by atoms with van der Waals surface area (Å²) in [6.07, 6.45) is 8.90. The van der Waals surface area contributed by atoms with Crippen LogP contribution in [-0.4, -0.2) is 47.4 Å². The Morgan fingerprint density at radius 2 is 1.67 bits per heavy atom. The quantitative estimate of drug-likeness (QED) is 0.819. The van der Waals surface area contributed by atoms with Crippen molar-refractivity contribution in [2.24, 2.45) is 0 Å². The number of piperidine rings is 1. The van der Waals surface area contributed by atoms with E-state index in [1.165, 1.54) is 44.9 Å². The van der Waals surface area contributed by atoms with Crippen molar-refractivity contribution in [1.29, 1.82) is 0 Å². The van der Waals surface area contributed by atoms with Crippen LogP contribution in [0.3, 0.4) is 0 Å². The molecular weight excluding hydrogens is 226 g/mol. The van der Waals surface area contributed by atoms with Crippen LogP contribution in [0.15, 0.2) is 0 Å². The average Bonchev–Trinajstić information content (AvgIpc) is 2.84. The number of aliphatic hydroxyl groups excluding tert-OH is 1. The highest BCUT2D eigenvalue weighted by molar-refractivity contribution is 4.81. The van der Waals surface area contributed by atoms with Gasteiger partial charge in [-0.15, -0.1) is 0 Å². The third-order valence-electron chi connectivity index (χ3n) is 4.62. The molecule has 0 aromatic heterocycles. The molecule has 1 heterocycles. The summed E-state index contributed by atoms with van der Waals surface area (Å²) in [5.41, 5.74) is 0. The van der Waals surface area contributed by atoms with Crippen molar-refractivity contribution in [1.82, 2.24) is 4.90 Å². The highest BCUT2D eigenvalue weighted by atomic mass is 16.5. The Balaban J connectivity index is 1.70. The van der Waals surface area contributed by atoms with Crippen LogP contribution in [0.2, 0.25) is 0 Å². The van der Waals surface area contributed by atoms with Crippen LogP contribution >= 0.6 is 0 Å². The van der Waals surface area contributed by atoms with E-state index >= 15 is 0 Å². The topological polar surface area (TPSA) is 32.7 Å². The van der Waals surface area contributed by atoms with Crippen molar-refractivity contribution in [3.63, 3.8) is 0 Å². The molecule has 0 radical (unpaired) electrons. The Bertz CT molecular complexity index is 231. The zero-order valence-electron chi connectivity index (χ0n) is 12.0. The molecule has 0 bridgehead atoms. The third-order valence-corrected chi connectivity index (χ3v) is 4.62. The molecule has 0 spiro atoms. The maximum atomic E-state index is 10.1. The Hall–Kier alpha value is -0.120. The Labute approximate surface area is 112 Å². The van der Waals surface area contributed by atoms with Crippen molar-refractivity contribution in [2.45, 2.75) is 83.1 Å². The first-order chi connectivity index (χ1) is 8.66. The van der Waals surface area contributed by atoms with Gasteiger partial charge in [0.1, 0.15) is 0 Å². The number of hydrogen-bond acceptors (Lipinski definition) is 3. The molecule has 0 amide bonds. The van der Waals surface area contributed by atoms with Crippen LogP contribution in [0.5, 0.6) is 0 Å². The second kappa shape index (κ2) is 6.88. The first kappa shape index (κ1) is 14.3. The van der Waals surface area contributed by atoms with E-state index in [1.807, 2.05) is 0 Å². The first-order valence-corrected chi connectivity index (χ1v) is 7.72. The monoisotopic (exact) mass is 255 g/mol. The zero-order valence-corrected chi connectivity index (χ0v) is 12.0. The molecule has 1 aliphatic heterocycles. The average molecular weight is 255 g/mol. The second-order valence-electron chi connectivity index (χ2n) is 6.22. The molecule has 1 saturated carbocycles. The number of nitrogens with zero attached hydrogens (tertiary/aromatic N) is 1. The molecule has 1 N–H and O–H groups in total. The van der Waals surface area contributed by atoms with Crippen molar-refractivity contribution in [3.8, 4) is 0 Å². The summed E-state index contributed by atoms with van der Waals surface area (Å²) >= 11 is 0. The number of aliphatic hydroxyl groups is 1. The minimum Gasteiger partial charge on any atom is -0.389 e. The van der Waals surface area contributed by atoms with Crippen molar-refractivity contribution in [3.05, 3.63) is 0 Å². The molecule has 3 nitrogen and oxygen atoms in total. The lowest BCUT2D eigenvalue weighted by Gasteiger charge is -2.40. The van der Waals surface area contributed by atoms with Crippen LogP contribution in [0.1, 0.15) is 58.8 Å². The molecule has 3 atom stereocenters. The van der Waals surface area contributed by atoms with Gasteiger partial charge in [-0.3, -0.25) is 4.90 Å². The van der Waals surface area contributed by atoms with Crippen LogP contribution < -0.4 is 0 Å². The smallest absolute Gasteiger partial charge is 0.0900 e. The van der Waals surface area contributed by atoms with Crippen molar-refractivity contribution in [2.75, 3.05) is 13.2 Å². The molecule has 1 saturated heterocycles. The summed E-state index contributed by atoms with van der Waals surface area (Å²) in [5.74, 6) is 0. The maximum Gasteiger partial charge on any atom is 0.0900 e. The van der Waals surface area contributed by atoms with Crippen LogP contribution in [0, 0.1) is 0 Å².